The predicted octanol–water partition coefficient (Wildman–Crippen LogP) is 5.33. The molecule has 134 valence electrons. The van der Waals surface area contributed by atoms with Crippen molar-refractivity contribution in [3.8, 4) is 22.5 Å². The third-order valence-electron chi connectivity index (χ3n) is 4.19. The van der Waals surface area contributed by atoms with Crippen LogP contribution in [0.5, 0.6) is 0 Å². The normalized spacial score (nSPS) is 11.0. The Balaban J connectivity index is 1.94. The van der Waals surface area contributed by atoms with Gasteiger partial charge in [0.25, 0.3) is 0 Å². The highest BCUT2D eigenvalue weighted by Crippen LogP contribution is 2.34. The van der Waals surface area contributed by atoms with Gasteiger partial charge in [0.05, 0.1) is 15.9 Å². The maximum absolute atomic E-state index is 15.3. The molecule has 4 rings (SSSR count). The predicted molar refractivity (Wildman–Crippen MR) is 103 cm³/mol. The summed E-state index contributed by atoms with van der Waals surface area (Å²) in [6.45, 7) is 0. The quantitative estimate of drug-likeness (QED) is 0.520. The van der Waals surface area contributed by atoms with Crippen molar-refractivity contribution in [2.24, 2.45) is 0 Å². The van der Waals surface area contributed by atoms with Crippen molar-refractivity contribution in [2.75, 3.05) is 12.4 Å². The van der Waals surface area contributed by atoms with Crippen molar-refractivity contribution in [1.29, 1.82) is 0 Å². The number of rotatable bonds is 3. The zero-order valence-corrected chi connectivity index (χ0v) is 14.9. The van der Waals surface area contributed by atoms with Gasteiger partial charge in [-0.25, -0.2) is 18.7 Å². The van der Waals surface area contributed by atoms with Crippen LogP contribution in [-0.2, 0) is 0 Å². The molecule has 0 radical (unpaired) electrons. The Kier molecular flexibility index (Phi) is 4.41. The molecule has 0 saturated heterocycles. The molecule has 0 aliphatic heterocycles. The lowest BCUT2D eigenvalue weighted by atomic mass is 10.0. The van der Waals surface area contributed by atoms with E-state index in [1.54, 1.807) is 43.7 Å². The number of anilines is 1. The van der Waals surface area contributed by atoms with Gasteiger partial charge in [-0.3, -0.25) is 4.98 Å². The van der Waals surface area contributed by atoms with Crippen molar-refractivity contribution < 1.29 is 8.78 Å². The second-order valence-corrected chi connectivity index (χ2v) is 6.24. The van der Waals surface area contributed by atoms with Crippen LogP contribution in [0.1, 0.15) is 0 Å². The summed E-state index contributed by atoms with van der Waals surface area (Å²) in [5, 5.41) is 3.13. The van der Waals surface area contributed by atoms with E-state index in [9.17, 15) is 4.39 Å². The van der Waals surface area contributed by atoms with Gasteiger partial charge in [0.1, 0.15) is 17.5 Å². The minimum absolute atomic E-state index is 0.0136. The third kappa shape index (κ3) is 3.08. The molecule has 2 aromatic heterocycles. The molecule has 7 heteroatoms. The van der Waals surface area contributed by atoms with Crippen LogP contribution in [0.25, 0.3) is 33.4 Å². The van der Waals surface area contributed by atoms with Crippen LogP contribution in [0.3, 0.4) is 0 Å². The summed E-state index contributed by atoms with van der Waals surface area (Å²) in [4.78, 5) is 12.9. The lowest BCUT2D eigenvalue weighted by Crippen LogP contribution is -2.01. The third-order valence-corrected chi connectivity index (χ3v) is 4.49. The van der Waals surface area contributed by atoms with Crippen molar-refractivity contribution in [2.45, 2.75) is 0 Å². The van der Waals surface area contributed by atoms with E-state index < -0.39 is 11.6 Å². The van der Waals surface area contributed by atoms with E-state index in [0.717, 1.165) is 5.56 Å². The van der Waals surface area contributed by atoms with Crippen LogP contribution in [0.15, 0.2) is 54.9 Å². The molecule has 2 aromatic carbocycles. The molecule has 0 aliphatic carbocycles. The first-order chi connectivity index (χ1) is 13.1. The van der Waals surface area contributed by atoms with Gasteiger partial charge in [-0.15, -0.1) is 0 Å². The first kappa shape index (κ1) is 17.3. The van der Waals surface area contributed by atoms with Gasteiger partial charge >= 0.3 is 0 Å². The van der Waals surface area contributed by atoms with Crippen molar-refractivity contribution in [3.63, 3.8) is 0 Å². The lowest BCUT2D eigenvalue weighted by Gasteiger charge is -2.12. The van der Waals surface area contributed by atoms with Gasteiger partial charge < -0.3 is 5.32 Å². The molecule has 0 fully saturated rings. The number of fused-ring (bicyclic) bond motifs is 1. The maximum atomic E-state index is 15.3. The molecule has 27 heavy (non-hydrogen) atoms. The minimum Gasteiger partial charge on any atom is -0.372 e. The Morgan fingerprint density at radius 2 is 1.85 bits per heavy atom. The number of benzene rings is 2. The SMILES string of the molecule is CNc1nc(-c2cccnc2)nc2ccc(-c3ccc(Cl)c(F)c3)c(F)c12. The molecule has 0 atom stereocenters. The number of aromatic nitrogens is 3. The highest BCUT2D eigenvalue weighted by Gasteiger charge is 2.17. The number of pyridine rings is 1. The van der Waals surface area contributed by atoms with Crippen LogP contribution in [0.2, 0.25) is 5.02 Å². The molecule has 0 spiro atoms. The summed E-state index contributed by atoms with van der Waals surface area (Å²) in [7, 11) is 1.66. The minimum atomic E-state index is -0.606. The Labute approximate surface area is 158 Å². The van der Waals surface area contributed by atoms with Crippen molar-refractivity contribution in [3.05, 3.63) is 71.5 Å². The molecule has 0 amide bonds. The molecule has 0 unspecified atom stereocenters. The van der Waals surface area contributed by atoms with Gasteiger partial charge in [-0.05, 0) is 42.0 Å². The average Bonchev–Trinajstić information content (AvgIpc) is 2.70. The summed E-state index contributed by atoms with van der Waals surface area (Å²) in [5.74, 6) is -0.362. The smallest absolute Gasteiger partial charge is 0.163 e. The van der Waals surface area contributed by atoms with Crippen LogP contribution >= 0.6 is 11.6 Å². The monoisotopic (exact) mass is 382 g/mol. The van der Waals surface area contributed by atoms with Crippen molar-refractivity contribution >= 4 is 28.3 Å². The summed E-state index contributed by atoms with van der Waals surface area (Å²) in [5.41, 5.74) is 1.78. The Bertz CT molecular complexity index is 1150. The number of hydrogen-bond acceptors (Lipinski definition) is 4. The molecule has 1 N–H and O–H groups in total. The van der Waals surface area contributed by atoms with Crippen LogP contribution in [0.4, 0.5) is 14.6 Å². The highest BCUT2D eigenvalue weighted by atomic mass is 35.5. The largest absolute Gasteiger partial charge is 0.372 e. The first-order valence-corrected chi connectivity index (χ1v) is 8.50. The van der Waals surface area contributed by atoms with Crippen LogP contribution in [-0.4, -0.2) is 22.0 Å². The van der Waals surface area contributed by atoms with Gasteiger partial charge in [0.15, 0.2) is 5.82 Å². The number of hydrogen-bond donors (Lipinski definition) is 1. The van der Waals surface area contributed by atoms with E-state index in [4.69, 9.17) is 11.6 Å². The Hall–Kier alpha value is -3.12. The fourth-order valence-electron chi connectivity index (χ4n) is 2.88. The number of nitrogens with one attached hydrogen (secondary N) is 1. The van der Waals surface area contributed by atoms with E-state index in [0.29, 0.717) is 22.7 Å². The maximum Gasteiger partial charge on any atom is 0.163 e. The van der Waals surface area contributed by atoms with Gasteiger partial charge in [0, 0.05) is 30.6 Å². The summed E-state index contributed by atoms with van der Waals surface area (Å²) in [6.07, 6.45) is 3.29. The fourth-order valence-corrected chi connectivity index (χ4v) is 2.99. The first-order valence-electron chi connectivity index (χ1n) is 8.12. The highest BCUT2D eigenvalue weighted by molar-refractivity contribution is 6.30. The van der Waals surface area contributed by atoms with Gasteiger partial charge in [-0.1, -0.05) is 17.7 Å². The summed E-state index contributed by atoms with van der Waals surface area (Å²) < 4.78 is 29.1. The molecular formula is C20H13ClF2N4. The van der Waals surface area contributed by atoms with Gasteiger partial charge in [-0.2, -0.15) is 0 Å². The van der Waals surface area contributed by atoms with Crippen molar-refractivity contribution in [1.82, 2.24) is 15.0 Å². The number of nitrogens with zero attached hydrogens (tertiary/aromatic N) is 3. The standard InChI is InChI=1S/C20H13ClF2N4/c1-24-20-17-16(26-19(27-20)12-3-2-8-25-10-12)7-5-13(18(17)23)11-4-6-14(21)15(22)9-11/h2-10H,1H3,(H,24,26,27). The zero-order chi connectivity index (χ0) is 19.0. The van der Waals surface area contributed by atoms with Crippen LogP contribution < -0.4 is 5.32 Å². The topological polar surface area (TPSA) is 50.7 Å². The van der Waals surface area contributed by atoms with Gasteiger partial charge in [0.2, 0.25) is 0 Å². The molecule has 0 aliphatic rings. The van der Waals surface area contributed by atoms with E-state index in [1.807, 2.05) is 6.07 Å². The van der Waals surface area contributed by atoms with E-state index in [2.05, 4.69) is 20.3 Å². The second-order valence-electron chi connectivity index (χ2n) is 5.84. The van der Waals surface area contributed by atoms with E-state index >= 15 is 4.39 Å². The van der Waals surface area contributed by atoms with Crippen LogP contribution in [0, 0.1) is 11.6 Å². The molecule has 4 aromatic rings. The lowest BCUT2D eigenvalue weighted by molar-refractivity contribution is 0.627. The summed E-state index contributed by atoms with van der Waals surface area (Å²) >= 11 is 5.72. The molecule has 4 nitrogen and oxygen atoms in total. The fraction of sp³-hybridized carbons (Fsp3) is 0.0500. The average molecular weight is 383 g/mol. The van der Waals surface area contributed by atoms with E-state index in [-0.39, 0.29) is 16.0 Å². The molecule has 0 saturated carbocycles. The Morgan fingerprint density at radius 3 is 2.56 bits per heavy atom. The summed E-state index contributed by atoms with van der Waals surface area (Å²) in [6, 6.07) is 11.0. The molecule has 0 bridgehead atoms. The number of halogens is 3. The zero-order valence-electron chi connectivity index (χ0n) is 14.2. The molecule has 2 heterocycles. The molecular weight excluding hydrogens is 370 g/mol. The van der Waals surface area contributed by atoms with E-state index in [1.165, 1.54) is 12.1 Å². The second kappa shape index (κ2) is 6.89. The Morgan fingerprint density at radius 1 is 1.00 bits per heavy atom.